The van der Waals surface area contributed by atoms with E-state index >= 15 is 0 Å². The highest BCUT2D eigenvalue weighted by Gasteiger charge is 2.22. The number of halogens is 1. The van der Waals surface area contributed by atoms with E-state index in [1.165, 1.54) is 28.3 Å². The molecule has 4 nitrogen and oxygen atoms in total. The minimum atomic E-state index is -0.279. The molecule has 1 aromatic heterocycles. The largest absolute Gasteiger partial charge is 0.315 e. The average Bonchev–Trinajstić information content (AvgIpc) is 2.91. The van der Waals surface area contributed by atoms with Gasteiger partial charge in [0.2, 0.25) is 5.91 Å². The van der Waals surface area contributed by atoms with Crippen LogP contribution in [-0.4, -0.2) is 24.4 Å². The van der Waals surface area contributed by atoms with Gasteiger partial charge in [-0.2, -0.15) is 5.26 Å². The second-order valence-electron chi connectivity index (χ2n) is 6.38. The second-order valence-corrected chi connectivity index (χ2v) is 7.48. The molecular weight excluding hydrogens is 337 g/mol. The molecule has 130 valence electrons. The molecule has 0 atom stereocenters. The molecular formula is C19H20FN3OS. The van der Waals surface area contributed by atoms with Crippen LogP contribution in [0.3, 0.4) is 0 Å². The Morgan fingerprint density at radius 2 is 2.20 bits per heavy atom. The number of benzene rings is 1. The fourth-order valence-electron chi connectivity index (χ4n) is 3.19. The summed E-state index contributed by atoms with van der Waals surface area (Å²) in [5, 5.41) is 13.0. The number of carbonyl (C=O) groups excluding carboxylic acids is 1. The van der Waals surface area contributed by atoms with Gasteiger partial charge in [0.05, 0.1) is 12.1 Å². The molecule has 0 fully saturated rings. The molecule has 1 heterocycles. The van der Waals surface area contributed by atoms with E-state index in [9.17, 15) is 14.4 Å². The molecule has 0 unspecified atom stereocenters. The Hall–Kier alpha value is -2.23. The average molecular weight is 357 g/mol. The van der Waals surface area contributed by atoms with E-state index in [0.717, 1.165) is 36.8 Å². The first kappa shape index (κ1) is 17.6. The van der Waals surface area contributed by atoms with E-state index < -0.39 is 0 Å². The fraction of sp³-hybridized carbons (Fsp3) is 0.368. The van der Waals surface area contributed by atoms with Crippen molar-refractivity contribution >= 4 is 22.2 Å². The van der Waals surface area contributed by atoms with Gasteiger partial charge in [-0.15, -0.1) is 11.3 Å². The quantitative estimate of drug-likeness (QED) is 0.887. The van der Waals surface area contributed by atoms with Crippen molar-refractivity contribution in [2.45, 2.75) is 32.2 Å². The van der Waals surface area contributed by atoms with Crippen LogP contribution in [0.1, 0.15) is 34.4 Å². The number of nitriles is 1. The van der Waals surface area contributed by atoms with Crippen LogP contribution < -0.4 is 5.32 Å². The zero-order valence-electron chi connectivity index (χ0n) is 14.1. The van der Waals surface area contributed by atoms with Crippen molar-refractivity contribution in [2.75, 3.05) is 18.9 Å². The number of rotatable bonds is 5. The summed E-state index contributed by atoms with van der Waals surface area (Å²) in [6.45, 7) is 0.668. The van der Waals surface area contributed by atoms with E-state index in [1.54, 1.807) is 6.07 Å². The minimum absolute atomic E-state index is 0.158. The summed E-state index contributed by atoms with van der Waals surface area (Å²) in [6, 6.07) is 8.61. The number of thiophene rings is 1. The highest BCUT2D eigenvalue weighted by molar-refractivity contribution is 7.16. The fourth-order valence-corrected chi connectivity index (χ4v) is 4.44. The molecule has 0 bridgehead atoms. The lowest BCUT2D eigenvalue weighted by molar-refractivity contribution is -0.117. The molecule has 1 aromatic carbocycles. The van der Waals surface area contributed by atoms with Crippen LogP contribution in [0.25, 0.3) is 0 Å². The summed E-state index contributed by atoms with van der Waals surface area (Å²) in [4.78, 5) is 15.4. The Kier molecular flexibility index (Phi) is 5.47. The maximum atomic E-state index is 13.2. The molecule has 0 radical (unpaired) electrons. The molecule has 0 saturated carbocycles. The Morgan fingerprint density at radius 1 is 1.40 bits per heavy atom. The number of fused-ring (bicyclic) bond motifs is 1. The van der Waals surface area contributed by atoms with E-state index in [2.05, 4.69) is 11.4 Å². The first-order valence-electron chi connectivity index (χ1n) is 8.34. The smallest absolute Gasteiger partial charge is 0.239 e. The predicted molar refractivity (Wildman–Crippen MR) is 97.0 cm³/mol. The maximum absolute atomic E-state index is 13.2. The van der Waals surface area contributed by atoms with Crippen molar-refractivity contribution < 1.29 is 9.18 Å². The van der Waals surface area contributed by atoms with Gasteiger partial charge < -0.3 is 5.32 Å². The van der Waals surface area contributed by atoms with Crippen molar-refractivity contribution in [3.05, 3.63) is 51.7 Å². The summed E-state index contributed by atoms with van der Waals surface area (Å²) in [5.41, 5.74) is 2.56. The summed E-state index contributed by atoms with van der Waals surface area (Å²) in [6.07, 6.45) is 4.15. The van der Waals surface area contributed by atoms with Crippen LogP contribution in [0.4, 0.5) is 9.39 Å². The minimum Gasteiger partial charge on any atom is -0.315 e. The molecule has 3 rings (SSSR count). The van der Waals surface area contributed by atoms with Crippen LogP contribution in [0.2, 0.25) is 0 Å². The monoisotopic (exact) mass is 357 g/mol. The van der Waals surface area contributed by atoms with Crippen LogP contribution >= 0.6 is 11.3 Å². The normalized spacial score (nSPS) is 13.4. The molecule has 25 heavy (non-hydrogen) atoms. The van der Waals surface area contributed by atoms with Gasteiger partial charge in [0, 0.05) is 11.4 Å². The number of nitrogens with one attached hydrogen (secondary N) is 1. The van der Waals surface area contributed by atoms with E-state index in [-0.39, 0.29) is 18.3 Å². The van der Waals surface area contributed by atoms with Crippen molar-refractivity contribution in [1.82, 2.24) is 4.90 Å². The van der Waals surface area contributed by atoms with Crippen molar-refractivity contribution in [3.63, 3.8) is 0 Å². The Bertz CT molecular complexity index is 825. The zero-order chi connectivity index (χ0) is 17.8. The molecule has 2 aromatic rings. The SMILES string of the molecule is CN(CC(=O)Nc1sc2c(c1C#N)CCCC2)Cc1cccc(F)c1. The van der Waals surface area contributed by atoms with Crippen LogP contribution in [0, 0.1) is 17.1 Å². The first-order valence-corrected chi connectivity index (χ1v) is 9.16. The molecule has 1 amide bonds. The molecule has 0 aliphatic heterocycles. The standard InChI is InChI=1S/C19H20FN3OS/c1-23(11-13-5-4-6-14(20)9-13)12-18(24)22-19-16(10-21)15-7-2-3-8-17(15)25-19/h4-6,9H,2-3,7-8,11-12H2,1H3,(H,22,24). The topological polar surface area (TPSA) is 56.1 Å². The van der Waals surface area contributed by atoms with E-state index in [1.807, 2.05) is 18.0 Å². The number of hydrogen-bond donors (Lipinski definition) is 1. The highest BCUT2D eigenvalue weighted by atomic mass is 32.1. The molecule has 0 spiro atoms. The van der Waals surface area contributed by atoms with Crippen molar-refractivity contribution in [1.29, 1.82) is 5.26 Å². The molecule has 6 heteroatoms. The number of nitrogens with zero attached hydrogens (tertiary/aromatic N) is 2. The number of carbonyl (C=O) groups is 1. The van der Waals surface area contributed by atoms with Crippen LogP contribution in [-0.2, 0) is 24.2 Å². The second kappa shape index (κ2) is 7.77. The Morgan fingerprint density at radius 3 is 2.96 bits per heavy atom. The van der Waals surface area contributed by atoms with Crippen molar-refractivity contribution in [2.24, 2.45) is 0 Å². The van der Waals surface area contributed by atoms with Gasteiger partial charge in [-0.25, -0.2) is 4.39 Å². The number of anilines is 1. The summed E-state index contributed by atoms with van der Waals surface area (Å²) >= 11 is 1.53. The van der Waals surface area contributed by atoms with Crippen LogP contribution in [0.5, 0.6) is 0 Å². The number of aryl methyl sites for hydroxylation is 1. The van der Waals surface area contributed by atoms with E-state index in [4.69, 9.17) is 0 Å². The van der Waals surface area contributed by atoms with E-state index in [0.29, 0.717) is 17.1 Å². The predicted octanol–water partition coefficient (Wildman–Crippen LogP) is 3.71. The molecule has 1 N–H and O–H groups in total. The summed E-state index contributed by atoms with van der Waals surface area (Å²) in [7, 11) is 1.81. The third kappa shape index (κ3) is 4.25. The summed E-state index contributed by atoms with van der Waals surface area (Å²) in [5.74, 6) is -0.438. The first-order chi connectivity index (χ1) is 12.1. The van der Waals surface area contributed by atoms with Gasteiger partial charge >= 0.3 is 0 Å². The lowest BCUT2D eigenvalue weighted by Crippen LogP contribution is -2.29. The molecule has 0 saturated heterocycles. The van der Waals surface area contributed by atoms with Gasteiger partial charge in [0.1, 0.15) is 16.9 Å². The zero-order valence-corrected chi connectivity index (χ0v) is 15.0. The van der Waals surface area contributed by atoms with Gasteiger partial charge in [-0.1, -0.05) is 12.1 Å². The molecule has 1 aliphatic carbocycles. The lowest BCUT2D eigenvalue weighted by Gasteiger charge is -2.16. The lowest BCUT2D eigenvalue weighted by atomic mass is 9.96. The van der Waals surface area contributed by atoms with Gasteiger partial charge in [-0.3, -0.25) is 9.69 Å². The maximum Gasteiger partial charge on any atom is 0.239 e. The van der Waals surface area contributed by atoms with Crippen LogP contribution in [0.15, 0.2) is 24.3 Å². The van der Waals surface area contributed by atoms with Gasteiger partial charge in [0.25, 0.3) is 0 Å². The molecule has 1 aliphatic rings. The van der Waals surface area contributed by atoms with Gasteiger partial charge in [-0.05, 0) is 56.0 Å². The van der Waals surface area contributed by atoms with Gasteiger partial charge in [0.15, 0.2) is 0 Å². The number of amides is 1. The Labute approximate surface area is 150 Å². The number of hydrogen-bond acceptors (Lipinski definition) is 4. The third-order valence-electron chi connectivity index (χ3n) is 4.29. The van der Waals surface area contributed by atoms with Crippen molar-refractivity contribution in [3.8, 4) is 6.07 Å². The number of likely N-dealkylation sites (N-methyl/N-ethyl adjacent to an activating group) is 1. The summed E-state index contributed by atoms with van der Waals surface area (Å²) < 4.78 is 13.2. The Balaban J connectivity index is 1.63. The third-order valence-corrected chi connectivity index (χ3v) is 5.50. The highest BCUT2D eigenvalue weighted by Crippen LogP contribution is 2.37.